The molecule has 0 bridgehead atoms. The van der Waals surface area contributed by atoms with Crippen LogP contribution in [-0.2, 0) is 9.59 Å². The lowest BCUT2D eigenvalue weighted by molar-refractivity contribution is -0.141. The summed E-state index contributed by atoms with van der Waals surface area (Å²) in [5, 5.41) is 11.8. The van der Waals surface area contributed by atoms with E-state index in [1.807, 2.05) is 4.90 Å². The van der Waals surface area contributed by atoms with Gasteiger partial charge in [0.05, 0.1) is 12.5 Å². The fourth-order valence-electron chi connectivity index (χ4n) is 2.21. The summed E-state index contributed by atoms with van der Waals surface area (Å²) in [4.78, 5) is 24.8. The third-order valence-corrected chi connectivity index (χ3v) is 3.28. The molecule has 0 spiro atoms. The Balaban J connectivity index is 2.74. The summed E-state index contributed by atoms with van der Waals surface area (Å²) >= 11 is 0. The minimum Gasteiger partial charge on any atom is -0.481 e. The monoisotopic (exact) mass is 256 g/mol. The van der Waals surface area contributed by atoms with Crippen molar-refractivity contribution in [2.24, 2.45) is 11.8 Å². The fraction of sp³-hybridized carbons (Fsp3) is 0.846. The van der Waals surface area contributed by atoms with E-state index in [2.05, 4.69) is 26.1 Å². The highest BCUT2D eigenvalue weighted by Crippen LogP contribution is 2.15. The van der Waals surface area contributed by atoms with Crippen molar-refractivity contribution in [2.75, 3.05) is 19.6 Å². The van der Waals surface area contributed by atoms with E-state index in [1.54, 1.807) is 0 Å². The highest BCUT2D eigenvalue weighted by atomic mass is 16.4. The number of carbonyl (C=O) groups is 2. The first-order valence-corrected chi connectivity index (χ1v) is 6.63. The molecule has 0 aromatic carbocycles. The zero-order chi connectivity index (χ0) is 13.7. The Labute approximate surface area is 109 Å². The highest BCUT2D eigenvalue weighted by Gasteiger charge is 2.31. The molecule has 0 aromatic heterocycles. The molecule has 104 valence electrons. The van der Waals surface area contributed by atoms with Crippen molar-refractivity contribution < 1.29 is 14.7 Å². The van der Waals surface area contributed by atoms with Crippen molar-refractivity contribution in [1.82, 2.24) is 10.2 Å². The van der Waals surface area contributed by atoms with Crippen LogP contribution < -0.4 is 5.32 Å². The second kappa shape index (κ2) is 6.73. The van der Waals surface area contributed by atoms with E-state index in [4.69, 9.17) is 5.11 Å². The van der Waals surface area contributed by atoms with Crippen LogP contribution in [-0.4, -0.2) is 47.6 Å². The molecule has 1 aliphatic heterocycles. The number of hydrogen-bond donors (Lipinski definition) is 2. The van der Waals surface area contributed by atoms with E-state index in [-0.39, 0.29) is 12.3 Å². The molecule has 1 rings (SSSR count). The van der Waals surface area contributed by atoms with Crippen LogP contribution in [0, 0.1) is 11.8 Å². The zero-order valence-corrected chi connectivity index (χ0v) is 11.5. The van der Waals surface area contributed by atoms with E-state index >= 15 is 0 Å². The summed E-state index contributed by atoms with van der Waals surface area (Å²) in [6, 6.07) is -0.522. The highest BCUT2D eigenvalue weighted by molar-refractivity contribution is 5.86. The quantitative estimate of drug-likeness (QED) is 0.768. The van der Waals surface area contributed by atoms with Gasteiger partial charge in [-0.3, -0.25) is 14.5 Å². The van der Waals surface area contributed by atoms with Gasteiger partial charge in [0.2, 0.25) is 5.91 Å². The van der Waals surface area contributed by atoms with Crippen LogP contribution in [0.4, 0.5) is 0 Å². The van der Waals surface area contributed by atoms with Gasteiger partial charge in [0.15, 0.2) is 0 Å². The largest absolute Gasteiger partial charge is 0.481 e. The Morgan fingerprint density at radius 3 is 2.78 bits per heavy atom. The van der Waals surface area contributed by atoms with Crippen LogP contribution in [0.2, 0.25) is 0 Å². The Kier molecular flexibility index (Phi) is 5.59. The Morgan fingerprint density at radius 1 is 1.56 bits per heavy atom. The van der Waals surface area contributed by atoms with Crippen LogP contribution in [0.3, 0.4) is 0 Å². The maximum atomic E-state index is 11.9. The number of aliphatic carboxylic acids is 1. The number of carbonyl (C=O) groups excluding carboxylic acids is 1. The van der Waals surface area contributed by atoms with Crippen molar-refractivity contribution in [3.63, 3.8) is 0 Å². The number of carboxylic acids is 1. The van der Waals surface area contributed by atoms with Crippen LogP contribution >= 0.6 is 0 Å². The molecular weight excluding hydrogens is 232 g/mol. The minimum atomic E-state index is -0.917. The molecule has 5 nitrogen and oxygen atoms in total. The number of nitrogens with one attached hydrogen (secondary N) is 1. The smallest absolute Gasteiger partial charge is 0.305 e. The first kappa shape index (κ1) is 15.0. The SMILES string of the molecule is CC(C)CCN1CC(C)CNC(=O)C1CC(=O)O. The number of rotatable bonds is 5. The van der Waals surface area contributed by atoms with Gasteiger partial charge in [0.25, 0.3) is 0 Å². The van der Waals surface area contributed by atoms with Crippen molar-refractivity contribution >= 4 is 11.9 Å². The van der Waals surface area contributed by atoms with Crippen LogP contribution in [0.5, 0.6) is 0 Å². The predicted octanol–water partition coefficient (Wildman–Crippen LogP) is 0.944. The topological polar surface area (TPSA) is 69.6 Å². The molecule has 0 aromatic rings. The maximum Gasteiger partial charge on any atom is 0.305 e. The van der Waals surface area contributed by atoms with Crippen molar-refractivity contribution in [3.8, 4) is 0 Å². The van der Waals surface area contributed by atoms with E-state index in [9.17, 15) is 9.59 Å². The molecule has 1 amide bonds. The lowest BCUT2D eigenvalue weighted by atomic mass is 10.1. The van der Waals surface area contributed by atoms with Crippen molar-refractivity contribution in [1.29, 1.82) is 0 Å². The van der Waals surface area contributed by atoms with Crippen molar-refractivity contribution in [3.05, 3.63) is 0 Å². The molecule has 0 aliphatic carbocycles. The summed E-state index contributed by atoms with van der Waals surface area (Å²) in [7, 11) is 0. The summed E-state index contributed by atoms with van der Waals surface area (Å²) in [5.74, 6) is -0.151. The Bertz CT molecular complexity index is 305. The van der Waals surface area contributed by atoms with Gasteiger partial charge >= 0.3 is 5.97 Å². The lowest BCUT2D eigenvalue weighted by Gasteiger charge is -2.28. The first-order valence-electron chi connectivity index (χ1n) is 6.63. The van der Waals surface area contributed by atoms with Gasteiger partial charge in [0, 0.05) is 13.1 Å². The molecule has 0 saturated carbocycles. The van der Waals surface area contributed by atoms with Crippen LogP contribution in [0.1, 0.15) is 33.6 Å². The molecule has 18 heavy (non-hydrogen) atoms. The average Bonchev–Trinajstić information content (AvgIpc) is 2.39. The second-order valence-corrected chi connectivity index (χ2v) is 5.64. The molecule has 1 heterocycles. The summed E-state index contributed by atoms with van der Waals surface area (Å²) < 4.78 is 0. The summed E-state index contributed by atoms with van der Waals surface area (Å²) in [6.45, 7) is 8.54. The average molecular weight is 256 g/mol. The molecule has 2 atom stereocenters. The van der Waals surface area contributed by atoms with Crippen LogP contribution in [0.25, 0.3) is 0 Å². The molecule has 1 saturated heterocycles. The van der Waals surface area contributed by atoms with Gasteiger partial charge in [-0.1, -0.05) is 20.8 Å². The van der Waals surface area contributed by atoms with Gasteiger partial charge in [-0.15, -0.1) is 0 Å². The number of hydrogen-bond acceptors (Lipinski definition) is 3. The van der Waals surface area contributed by atoms with Gasteiger partial charge in [-0.25, -0.2) is 0 Å². The molecule has 2 N–H and O–H groups in total. The molecule has 5 heteroatoms. The van der Waals surface area contributed by atoms with Crippen molar-refractivity contribution in [2.45, 2.75) is 39.7 Å². The van der Waals surface area contributed by atoms with E-state index in [0.29, 0.717) is 18.4 Å². The van der Waals surface area contributed by atoms with Gasteiger partial charge in [-0.2, -0.15) is 0 Å². The van der Waals surface area contributed by atoms with E-state index in [0.717, 1.165) is 19.5 Å². The fourth-order valence-corrected chi connectivity index (χ4v) is 2.21. The van der Waals surface area contributed by atoms with Gasteiger partial charge in [0.1, 0.15) is 0 Å². The zero-order valence-electron chi connectivity index (χ0n) is 11.5. The van der Waals surface area contributed by atoms with Gasteiger partial charge in [-0.05, 0) is 24.8 Å². The predicted molar refractivity (Wildman–Crippen MR) is 69.2 cm³/mol. The summed E-state index contributed by atoms with van der Waals surface area (Å²) in [5.41, 5.74) is 0. The van der Waals surface area contributed by atoms with E-state index in [1.165, 1.54) is 0 Å². The summed E-state index contributed by atoms with van der Waals surface area (Å²) in [6.07, 6.45) is 0.868. The minimum absolute atomic E-state index is 0.114. The van der Waals surface area contributed by atoms with E-state index < -0.39 is 12.0 Å². The molecular formula is C13H24N2O3. The number of carboxylic acid groups (broad SMARTS) is 1. The third kappa shape index (κ3) is 4.64. The Morgan fingerprint density at radius 2 is 2.22 bits per heavy atom. The second-order valence-electron chi connectivity index (χ2n) is 5.64. The normalized spacial score (nSPS) is 25.9. The number of amides is 1. The Hall–Kier alpha value is -1.10. The maximum absolute atomic E-state index is 11.9. The first-order chi connectivity index (χ1) is 8.40. The third-order valence-electron chi connectivity index (χ3n) is 3.28. The lowest BCUT2D eigenvalue weighted by Crippen LogP contribution is -2.46. The standard InChI is InChI=1S/C13H24N2O3/c1-9(2)4-5-15-8-10(3)7-14-13(18)11(15)6-12(16)17/h9-11H,4-8H2,1-3H3,(H,14,18)(H,16,17). The molecule has 2 unspecified atom stereocenters. The van der Waals surface area contributed by atoms with Crippen LogP contribution in [0.15, 0.2) is 0 Å². The molecule has 1 fully saturated rings. The molecule has 0 radical (unpaired) electrons. The molecule has 1 aliphatic rings. The van der Waals surface area contributed by atoms with Gasteiger partial charge < -0.3 is 10.4 Å². The number of nitrogens with zero attached hydrogens (tertiary/aromatic N) is 1.